The molecule has 0 radical (unpaired) electrons. The highest BCUT2D eigenvalue weighted by atomic mass is 19.3. The fourth-order valence-electron chi connectivity index (χ4n) is 8.57. The number of likely N-dealkylation sites (tertiary alicyclic amines) is 1. The number of carbonyl (C=O) groups excluding carboxylic acids is 6. The number of aryl methyl sites for hydroxylation is 1. The van der Waals surface area contributed by atoms with Gasteiger partial charge in [-0.15, -0.1) is 0 Å². The molecular formula is C52H65F4N9O8. The number of hydrogen-bond acceptors (Lipinski definition) is 10. The molecule has 2 aliphatic rings. The van der Waals surface area contributed by atoms with Gasteiger partial charge in [-0.3, -0.25) is 24.3 Å². The normalized spacial score (nSPS) is 17.2. The summed E-state index contributed by atoms with van der Waals surface area (Å²) in [5, 5.41) is 18.6. The molecule has 0 spiro atoms. The van der Waals surface area contributed by atoms with Crippen molar-refractivity contribution in [3.8, 4) is 22.5 Å². The van der Waals surface area contributed by atoms with E-state index in [0.29, 0.717) is 63.7 Å². The Kier molecular flexibility index (Phi) is 17.2. The van der Waals surface area contributed by atoms with E-state index in [-0.39, 0.29) is 53.4 Å². The molecular weight excluding hydrogens is 955 g/mol. The predicted octanol–water partition coefficient (Wildman–Crippen LogP) is 8.05. The molecule has 1 aromatic heterocycles. The third kappa shape index (κ3) is 14.6. The average Bonchev–Trinajstić information content (AvgIpc) is 3.84. The minimum Gasteiger partial charge on any atom is -0.444 e. The van der Waals surface area contributed by atoms with Crippen LogP contribution in [-0.2, 0) is 36.2 Å². The predicted molar refractivity (Wildman–Crippen MR) is 264 cm³/mol. The highest BCUT2D eigenvalue weighted by Gasteiger charge is 2.65. The fourth-order valence-corrected chi connectivity index (χ4v) is 8.57. The average molecular weight is 1020 g/mol. The number of aromatic amines is 1. The molecule has 17 nitrogen and oxygen atoms in total. The Balaban J connectivity index is 1.11. The number of ether oxygens (including phenoxy) is 2. The van der Waals surface area contributed by atoms with Gasteiger partial charge in [0.15, 0.2) is 5.82 Å². The molecule has 1 saturated heterocycles. The molecule has 394 valence electrons. The zero-order chi connectivity index (χ0) is 53.5. The van der Waals surface area contributed by atoms with Gasteiger partial charge >= 0.3 is 24.0 Å². The van der Waals surface area contributed by atoms with Gasteiger partial charge in [0.1, 0.15) is 17.2 Å². The highest BCUT2D eigenvalue weighted by molar-refractivity contribution is 5.98. The maximum atomic E-state index is 14.7. The molecule has 6 rings (SSSR count). The molecule has 6 N–H and O–H groups in total. The van der Waals surface area contributed by atoms with Crippen LogP contribution in [0.3, 0.4) is 0 Å². The zero-order valence-electron chi connectivity index (χ0n) is 42.4. The number of rotatable bonds is 15. The SMILES string of the molecule is CNC(=O)C(F)(F)C(F)(F)c1n[nH]c(-c2ccc(NC(=O)[C@H](Cc3ccc(-c4ccc(C(=O)NC5CCN(C(=O)OC(C)(C)C)CC5)cc4C)cc3)NC(=O)[C@H]3CC[C@H](CNC(=O)OC(C)(C)C)CC3)cc2)n1. The summed E-state index contributed by atoms with van der Waals surface area (Å²) in [7, 11) is 0.795. The number of halogens is 4. The van der Waals surface area contributed by atoms with Gasteiger partial charge in [0.2, 0.25) is 17.6 Å². The van der Waals surface area contributed by atoms with Crippen LogP contribution in [0.5, 0.6) is 0 Å². The van der Waals surface area contributed by atoms with Crippen LogP contribution in [0.2, 0.25) is 0 Å². The lowest BCUT2D eigenvalue weighted by molar-refractivity contribution is -0.218. The number of piperidine rings is 1. The van der Waals surface area contributed by atoms with Gasteiger partial charge in [-0.25, -0.2) is 14.6 Å². The maximum absolute atomic E-state index is 14.7. The molecule has 21 heteroatoms. The van der Waals surface area contributed by atoms with Crippen LogP contribution in [-0.4, -0.2) is 112 Å². The van der Waals surface area contributed by atoms with E-state index in [4.69, 9.17) is 9.47 Å². The second-order valence-corrected chi connectivity index (χ2v) is 20.6. The number of alkyl halides is 4. The number of aromatic nitrogens is 3. The van der Waals surface area contributed by atoms with Crippen LogP contribution in [0.25, 0.3) is 22.5 Å². The number of alkyl carbamates (subject to hydrolysis) is 1. The Bertz CT molecular complexity index is 2620. The fraction of sp³-hybridized carbons (Fsp3) is 0.500. The van der Waals surface area contributed by atoms with Crippen LogP contribution in [0.4, 0.5) is 32.8 Å². The van der Waals surface area contributed by atoms with Crippen molar-refractivity contribution >= 4 is 41.5 Å². The lowest BCUT2D eigenvalue weighted by Gasteiger charge is -2.33. The van der Waals surface area contributed by atoms with E-state index in [1.807, 2.05) is 64.1 Å². The Labute approximate surface area is 421 Å². The van der Waals surface area contributed by atoms with Crippen molar-refractivity contribution in [2.75, 3.05) is 32.0 Å². The Morgan fingerprint density at radius 1 is 0.795 bits per heavy atom. The first-order valence-electron chi connectivity index (χ1n) is 24.3. The van der Waals surface area contributed by atoms with Gasteiger partial charge in [0.05, 0.1) is 0 Å². The number of carbonyl (C=O) groups is 6. The molecule has 2 fully saturated rings. The first kappa shape index (κ1) is 55.3. The molecule has 3 aromatic carbocycles. The van der Waals surface area contributed by atoms with E-state index in [0.717, 1.165) is 29.3 Å². The van der Waals surface area contributed by atoms with Gasteiger partial charge < -0.3 is 41.0 Å². The number of anilines is 1. The van der Waals surface area contributed by atoms with Crippen molar-refractivity contribution in [3.63, 3.8) is 0 Å². The minimum absolute atomic E-state index is 0.0929. The summed E-state index contributed by atoms with van der Waals surface area (Å²) in [6.45, 7) is 14.0. The number of benzene rings is 3. The van der Waals surface area contributed by atoms with E-state index in [1.165, 1.54) is 29.6 Å². The first-order valence-corrected chi connectivity index (χ1v) is 24.3. The topological polar surface area (TPSA) is 226 Å². The van der Waals surface area contributed by atoms with Crippen molar-refractivity contribution in [2.45, 2.75) is 129 Å². The highest BCUT2D eigenvalue weighted by Crippen LogP contribution is 2.42. The molecule has 1 saturated carbocycles. The van der Waals surface area contributed by atoms with Crippen LogP contribution in [0.1, 0.15) is 107 Å². The van der Waals surface area contributed by atoms with Gasteiger partial charge in [0.25, 0.3) is 11.8 Å². The van der Waals surface area contributed by atoms with E-state index < -0.39 is 58.7 Å². The van der Waals surface area contributed by atoms with Crippen molar-refractivity contribution in [1.29, 1.82) is 0 Å². The molecule has 1 aliphatic carbocycles. The van der Waals surface area contributed by atoms with Crippen molar-refractivity contribution in [2.24, 2.45) is 11.8 Å². The second kappa shape index (κ2) is 22.8. The van der Waals surface area contributed by atoms with Crippen molar-refractivity contribution < 1.29 is 55.8 Å². The van der Waals surface area contributed by atoms with Crippen LogP contribution < -0.4 is 26.6 Å². The third-order valence-electron chi connectivity index (χ3n) is 12.6. The summed E-state index contributed by atoms with van der Waals surface area (Å²) in [6.07, 6.45) is 2.82. The van der Waals surface area contributed by atoms with Crippen LogP contribution in [0.15, 0.2) is 66.7 Å². The number of nitrogens with one attached hydrogen (secondary N) is 6. The van der Waals surface area contributed by atoms with E-state index in [2.05, 4.69) is 36.4 Å². The summed E-state index contributed by atoms with van der Waals surface area (Å²) in [6, 6.07) is 17.4. The van der Waals surface area contributed by atoms with E-state index >= 15 is 0 Å². The number of amides is 6. The van der Waals surface area contributed by atoms with Gasteiger partial charge in [0, 0.05) is 61.9 Å². The summed E-state index contributed by atoms with van der Waals surface area (Å²) in [5.41, 5.74) is 2.99. The van der Waals surface area contributed by atoms with E-state index in [9.17, 15) is 46.3 Å². The zero-order valence-corrected chi connectivity index (χ0v) is 42.4. The molecule has 2 heterocycles. The Hall–Kier alpha value is -7.06. The lowest BCUT2D eigenvalue weighted by atomic mass is 9.81. The number of hydrogen-bond donors (Lipinski definition) is 6. The summed E-state index contributed by atoms with van der Waals surface area (Å²) in [5.74, 6) is -15.6. The number of H-pyrrole nitrogens is 1. The van der Waals surface area contributed by atoms with Crippen molar-refractivity contribution in [3.05, 3.63) is 89.2 Å². The van der Waals surface area contributed by atoms with Gasteiger partial charge in [-0.1, -0.05) is 30.3 Å². The van der Waals surface area contributed by atoms with Crippen LogP contribution in [0, 0.1) is 18.8 Å². The van der Waals surface area contributed by atoms with E-state index in [1.54, 1.807) is 31.7 Å². The first-order chi connectivity index (χ1) is 34.2. The largest absolute Gasteiger partial charge is 0.444 e. The lowest BCUT2D eigenvalue weighted by Crippen LogP contribution is -2.50. The Morgan fingerprint density at radius 3 is 2.00 bits per heavy atom. The number of nitrogens with zero attached hydrogens (tertiary/aromatic N) is 3. The van der Waals surface area contributed by atoms with Crippen LogP contribution >= 0.6 is 0 Å². The summed E-state index contributed by atoms with van der Waals surface area (Å²) in [4.78, 5) is 82.6. The Morgan fingerprint density at radius 2 is 1.41 bits per heavy atom. The smallest absolute Gasteiger partial charge is 0.410 e. The summed E-state index contributed by atoms with van der Waals surface area (Å²) >= 11 is 0. The molecule has 4 aromatic rings. The molecule has 1 aliphatic heterocycles. The molecule has 1 atom stereocenters. The molecule has 0 bridgehead atoms. The summed E-state index contributed by atoms with van der Waals surface area (Å²) < 4.78 is 68.6. The molecule has 6 amide bonds. The quantitative estimate of drug-likeness (QED) is 0.0629. The van der Waals surface area contributed by atoms with Crippen molar-refractivity contribution in [1.82, 2.24) is 41.3 Å². The second-order valence-electron chi connectivity index (χ2n) is 20.6. The third-order valence-corrected chi connectivity index (χ3v) is 12.6. The van der Waals surface area contributed by atoms with Gasteiger partial charge in [-0.2, -0.15) is 22.7 Å². The maximum Gasteiger partial charge on any atom is 0.410 e. The minimum atomic E-state index is -5.14. The molecule has 0 unspecified atom stereocenters. The van der Waals surface area contributed by atoms with Gasteiger partial charge in [-0.05, 0) is 152 Å². The standard InChI is InChI=1S/C52H65F4N9O8/c1-30-27-36(43(67)59-38-23-25-65(26-24-38)48(71)73-50(5,6)7)19-22-39(30)33-13-9-31(10-14-33)28-40(61-42(66)35-15-11-32(12-16-35)29-58-47(70)72-49(2,3)4)44(68)60-37-20-17-34(18-21-37)41-62-45(64-63-41)51(53,54)52(55,56)46(69)57-8/h9-10,13-14,17-22,27,32,35,38,40H,11-12,15-16,23-26,28-29H2,1-8H3,(H,57,69)(H,58,70)(H,59,67)(H,60,68)(H,61,66)(H,62,63,64)/t32-,35-,40-/m0/s1. The monoisotopic (exact) mass is 1020 g/mol. The molecule has 73 heavy (non-hydrogen) atoms.